The van der Waals surface area contributed by atoms with E-state index in [1.165, 1.54) is 0 Å². The first-order valence-electron chi connectivity index (χ1n) is 7.94. The fraction of sp³-hybridized carbons (Fsp3) is 0.222. The quantitative estimate of drug-likeness (QED) is 0.531. The zero-order valence-electron chi connectivity index (χ0n) is 14.3. The van der Waals surface area contributed by atoms with Crippen LogP contribution in [0.2, 0.25) is 0 Å². The van der Waals surface area contributed by atoms with Gasteiger partial charge in [0.15, 0.2) is 5.75 Å². The Hall–Kier alpha value is -3.06. The van der Waals surface area contributed by atoms with Crippen molar-refractivity contribution >= 4 is 22.1 Å². The number of aromatic amines is 2. The van der Waals surface area contributed by atoms with Gasteiger partial charge in [-0.3, -0.25) is 0 Å². The van der Waals surface area contributed by atoms with Crippen molar-refractivity contribution in [3.8, 4) is 22.9 Å². The molecule has 4 rings (SSSR count). The molecule has 4 aromatic rings. The van der Waals surface area contributed by atoms with Crippen molar-refractivity contribution in [2.75, 3.05) is 14.2 Å². The summed E-state index contributed by atoms with van der Waals surface area (Å²) in [6, 6.07) is 3.99. The lowest BCUT2D eigenvalue weighted by Crippen LogP contribution is -1.97. The van der Waals surface area contributed by atoms with Crippen molar-refractivity contribution in [3.05, 3.63) is 35.7 Å². The number of pyridine rings is 2. The molecule has 0 saturated carbocycles. The number of methoxy groups -OCH3 is 2. The number of fused-ring (bicyclic) bond motifs is 2. The minimum atomic E-state index is 0.463. The van der Waals surface area contributed by atoms with Crippen LogP contribution >= 0.6 is 0 Å². The molecule has 128 valence electrons. The molecular weight excluding hydrogens is 318 g/mol. The Morgan fingerprint density at radius 3 is 2.80 bits per heavy atom. The summed E-state index contributed by atoms with van der Waals surface area (Å²) in [5, 5.41) is 1.02. The number of hydrogen-bond donors (Lipinski definition) is 3. The van der Waals surface area contributed by atoms with Crippen molar-refractivity contribution in [1.29, 1.82) is 0 Å². The van der Waals surface area contributed by atoms with Crippen LogP contribution in [0.5, 0.6) is 11.6 Å². The predicted molar refractivity (Wildman–Crippen MR) is 96.9 cm³/mol. The van der Waals surface area contributed by atoms with Crippen molar-refractivity contribution in [3.63, 3.8) is 0 Å². The van der Waals surface area contributed by atoms with Crippen molar-refractivity contribution in [2.45, 2.75) is 13.5 Å². The molecule has 25 heavy (non-hydrogen) atoms. The van der Waals surface area contributed by atoms with Gasteiger partial charge in [-0.05, 0) is 24.6 Å². The summed E-state index contributed by atoms with van der Waals surface area (Å²) in [7, 11) is 3.20. The smallest absolute Gasteiger partial charge is 0.257 e. The fourth-order valence-electron chi connectivity index (χ4n) is 3.23. The molecule has 0 spiro atoms. The Morgan fingerprint density at radius 2 is 2.08 bits per heavy atom. The number of rotatable bonds is 4. The third-order valence-electron chi connectivity index (χ3n) is 4.51. The molecule has 4 N–H and O–H groups in total. The minimum absolute atomic E-state index is 0.463. The van der Waals surface area contributed by atoms with Crippen molar-refractivity contribution in [2.24, 2.45) is 5.73 Å². The second-order valence-electron chi connectivity index (χ2n) is 5.82. The Balaban J connectivity index is 1.97. The van der Waals surface area contributed by atoms with Crippen molar-refractivity contribution < 1.29 is 9.47 Å². The van der Waals surface area contributed by atoms with Gasteiger partial charge in [-0.15, -0.1) is 0 Å². The fourth-order valence-corrected chi connectivity index (χ4v) is 3.23. The molecule has 0 atom stereocenters. The van der Waals surface area contributed by atoms with E-state index < -0.39 is 0 Å². The second-order valence-corrected chi connectivity index (χ2v) is 5.82. The number of aromatic nitrogens is 4. The van der Waals surface area contributed by atoms with Crippen LogP contribution in [-0.2, 0) is 6.54 Å². The van der Waals surface area contributed by atoms with Gasteiger partial charge in [0.05, 0.1) is 25.4 Å². The molecule has 0 aliphatic heterocycles. The summed E-state index contributed by atoms with van der Waals surface area (Å²) in [5.74, 6) is 1.09. The first-order chi connectivity index (χ1) is 12.2. The summed E-state index contributed by atoms with van der Waals surface area (Å²) in [6.45, 7) is 2.44. The van der Waals surface area contributed by atoms with Gasteiger partial charge in [-0.25, -0.2) is 9.97 Å². The van der Waals surface area contributed by atoms with Gasteiger partial charge in [-0.1, -0.05) is 0 Å². The highest BCUT2D eigenvalue weighted by Crippen LogP contribution is 2.38. The molecule has 0 amide bonds. The van der Waals surface area contributed by atoms with Crippen LogP contribution in [0.25, 0.3) is 33.3 Å². The van der Waals surface area contributed by atoms with Crippen LogP contribution in [0.3, 0.4) is 0 Å². The molecule has 0 aliphatic rings. The largest absolute Gasteiger partial charge is 0.491 e. The van der Waals surface area contributed by atoms with Gasteiger partial charge in [0.2, 0.25) is 0 Å². The summed E-state index contributed by atoms with van der Waals surface area (Å²) in [6.07, 6.45) is 3.69. The van der Waals surface area contributed by atoms with E-state index in [0.29, 0.717) is 18.2 Å². The van der Waals surface area contributed by atoms with Gasteiger partial charge in [-0.2, -0.15) is 0 Å². The summed E-state index contributed by atoms with van der Waals surface area (Å²) in [4.78, 5) is 15.7. The summed E-state index contributed by atoms with van der Waals surface area (Å²) >= 11 is 0. The van der Waals surface area contributed by atoms with Crippen LogP contribution < -0.4 is 15.2 Å². The zero-order chi connectivity index (χ0) is 17.6. The van der Waals surface area contributed by atoms with Crippen LogP contribution in [0.15, 0.2) is 24.5 Å². The number of hydrogen-bond acceptors (Lipinski definition) is 5. The van der Waals surface area contributed by atoms with Crippen molar-refractivity contribution in [1.82, 2.24) is 19.9 Å². The first kappa shape index (κ1) is 15.5. The molecular formula is C18H19N5O2. The maximum Gasteiger partial charge on any atom is 0.257 e. The Kier molecular flexibility index (Phi) is 3.58. The monoisotopic (exact) mass is 337 g/mol. The maximum absolute atomic E-state index is 5.83. The number of ether oxygens (including phenoxy) is 2. The average Bonchev–Trinajstić information content (AvgIpc) is 3.24. The molecule has 4 heterocycles. The van der Waals surface area contributed by atoms with E-state index in [1.807, 2.05) is 19.2 Å². The van der Waals surface area contributed by atoms with Crippen LogP contribution in [0.4, 0.5) is 0 Å². The van der Waals surface area contributed by atoms with Crippen LogP contribution in [0.1, 0.15) is 11.1 Å². The van der Waals surface area contributed by atoms with Gasteiger partial charge in [0, 0.05) is 35.5 Å². The number of nitrogens with zero attached hydrogens (tertiary/aromatic N) is 2. The highest BCUT2D eigenvalue weighted by Gasteiger charge is 2.19. The number of H-pyrrole nitrogens is 2. The molecule has 0 saturated heterocycles. The third kappa shape index (κ3) is 2.24. The van der Waals surface area contributed by atoms with E-state index in [9.17, 15) is 0 Å². The molecule has 7 heteroatoms. The highest BCUT2D eigenvalue weighted by atomic mass is 16.5. The summed E-state index contributed by atoms with van der Waals surface area (Å²) in [5.41, 5.74) is 12.2. The molecule has 0 bridgehead atoms. The summed E-state index contributed by atoms with van der Waals surface area (Å²) < 4.78 is 10.8. The highest BCUT2D eigenvalue weighted by molar-refractivity contribution is 5.97. The van der Waals surface area contributed by atoms with Crippen LogP contribution in [0, 0.1) is 6.92 Å². The number of aryl methyl sites for hydroxylation is 1. The average molecular weight is 337 g/mol. The SMILES string of the molecule is COc1nc2c(-c3cc4c(CN)ccnc4[nH]3)c[nH]c2c(C)c1OC. The lowest BCUT2D eigenvalue weighted by atomic mass is 10.1. The van der Waals surface area contributed by atoms with E-state index in [-0.39, 0.29) is 0 Å². The van der Waals surface area contributed by atoms with E-state index in [4.69, 9.17) is 15.2 Å². The van der Waals surface area contributed by atoms with Gasteiger partial charge in [0.25, 0.3) is 5.88 Å². The lowest BCUT2D eigenvalue weighted by Gasteiger charge is -2.10. The molecule has 0 aromatic carbocycles. The normalized spacial score (nSPS) is 11.4. The lowest BCUT2D eigenvalue weighted by molar-refractivity contribution is 0.343. The predicted octanol–water partition coefficient (Wildman–Crippen LogP) is 2.89. The standard InChI is InChI=1S/C18H19N5O2/c1-9-14-15(23-18(25-3)16(9)24-2)12(8-21-14)13-6-11-10(7-19)4-5-20-17(11)22-13/h4-6,8,21H,7,19H2,1-3H3,(H,20,22). The molecule has 0 unspecified atom stereocenters. The van der Waals surface area contributed by atoms with E-state index in [2.05, 4.69) is 26.0 Å². The Labute approximate surface area is 144 Å². The van der Waals surface area contributed by atoms with Crippen LogP contribution in [-0.4, -0.2) is 34.2 Å². The Bertz CT molecular complexity index is 1080. The maximum atomic E-state index is 5.83. The number of nitrogens with two attached hydrogens (primary N) is 1. The third-order valence-corrected chi connectivity index (χ3v) is 4.51. The van der Waals surface area contributed by atoms with E-state index >= 15 is 0 Å². The van der Waals surface area contributed by atoms with E-state index in [0.717, 1.165) is 44.5 Å². The first-order valence-corrected chi connectivity index (χ1v) is 7.94. The minimum Gasteiger partial charge on any atom is -0.491 e. The second kappa shape index (κ2) is 5.78. The van der Waals surface area contributed by atoms with Gasteiger partial charge < -0.3 is 25.2 Å². The molecule has 7 nitrogen and oxygen atoms in total. The van der Waals surface area contributed by atoms with E-state index in [1.54, 1.807) is 20.4 Å². The molecule has 0 aliphatic carbocycles. The molecule has 0 radical (unpaired) electrons. The molecule has 4 aromatic heterocycles. The Morgan fingerprint density at radius 1 is 1.24 bits per heavy atom. The molecule has 0 fully saturated rings. The van der Waals surface area contributed by atoms with Gasteiger partial charge in [0.1, 0.15) is 11.2 Å². The number of nitrogens with one attached hydrogen (secondary N) is 2. The zero-order valence-corrected chi connectivity index (χ0v) is 14.3. The van der Waals surface area contributed by atoms with Gasteiger partial charge >= 0.3 is 0 Å². The topological polar surface area (TPSA) is 102 Å².